The highest BCUT2D eigenvalue weighted by Crippen LogP contribution is 2.16. The maximum absolute atomic E-state index is 5.46. The Morgan fingerprint density at radius 1 is 1.67 bits per heavy atom. The van der Waals surface area contributed by atoms with Gasteiger partial charge >= 0.3 is 0 Å². The molecular formula is C12H18N2S. The number of thiazole rings is 1. The molecule has 2 nitrogen and oxygen atoms in total. The first-order valence-electron chi connectivity index (χ1n) is 5.31. The minimum absolute atomic E-state index is 0.159. The molecule has 1 aromatic heterocycles. The van der Waals surface area contributed by atoms with Crippen LogP contribution in [-0.4, -0.2) is 11.0 Å². The third kappa shape index (κ3) is 3.65. The number of nitrogens with one attached hydrogen (secondary N) is 1. The monoisotopic (exact) mass is 222 g/mol. The molecule has 0 aromatic carbocycles. The van der Waals surface area contributed by atoms with Crippen LogP contribution in [0.25, 0.3) is 0 Å². The van der Waals surface area contributed by atoms with E-state index in [9.17, 15) is 0 Å². The number of aryl methyl sites for hydroxylation is 1. The molecule has 15 heavy (non-hydrogen) atoms. The van der Waals surface area contributed by atoms with Crippen LogP contribution >= 0.6 is 11.3 Å². The zero-order chi connectivity index (χ0) is 11.3. The van der Waals surface area contributed by atoms with E-state index in [1.165, 1.54) is 0 Å². The summed E-state index contributed by atoms with van der Waals surface area (Å²) in [5.41, 5.74) is 1.09. The van der Waals surface area contributed by atoms with Crippen molar-refractivity contribution in [1.82, 2.24) is 10.3 Å². The molecular weight excluding hydrogens is 204 g/mol. The summed E-state index contributed by atoms with van der Waals surface area (Å²) in [7, 11) is 0. The van der Waals surface area contributed by atoms with E-state index in [1.807, 2.05) is 6.92 Å². The Bertz CT molecular complexity index is 338. The van der Waals surface area contributed by atoms with Crippen LogP contribution in [0.1, 0.15) is 43.4 Å². The zero-order valence-electron chi connectivity index (χ0n) is 9.58. The van der Waals surface area contributed by atoms with E-state index < -0.39 is 0 Å². The number of aromatic nitrogens is 1. The van der Waals surface area contributed by atoms with Crippen molar-refractivity contribution in [2.24, 2.45) is 0 Å². The molecule has 0 aliphatic heterocycles. The van der Waals surface area contributed by atoms with E-state index in [0.29, 0.717) is 0 Å². The Balaban J connectivity index is 2.55. The van der Waals surface area contributed by atoms with Crippen LogP contribution in [0.4, 0.5) is 0 Å². The van der Waals surface area contributed by atoms with Crippen LogP contribution in [0.2, 0.25) is 0 Å². The topological polar surface area (TPSA) is 24.9 Å². The van der Waals surface area contributed by atoms with E-state index in [4.69, 9.17) is 6.42 Å². The first-order valence-corrected chi connectivity index (χ1v) is 6.19. The van der Waals surface area contributed by atoms with Crippen LogP contribution in [-0.2, 0) is 0 Å². The molecule has 0 fully saturated rings. The SMILES string of the molecule is C#CC(CCC)NC(C)c1csc(C)n1. The maximum Gasteiger partial charge on any atom is 0.0898 e. The van der Waals surface area contributed by atoms with Gasteiger partial charge in [0.1, 0.15) is 0 Å². The predicted octanol–water partition coefficient (Wildman–Crippen LogP) is 2.90. The van der Waals surface area contributed by atoms with Gasteiger partial charge in [-0.1, -0.05) is 19.3 Å². The first-order chi connectivity index (χ1) is 7.17. The van der Waals surface area contributed by atoms with E-state index in [2.05, 4.69) is 35.4 Å². The van der Waals surface area contributed by atoms with Crippen molar-refractivity contribution in [3.05, 3.63) is 16.1 Å². The Labute approximate surface area is 96.1 Å². The second kappa shape index (κ2) is 5.89. The fraction of sp³-hybridized carbons (Fsp3) is 0.583. The molecule has 3 heteroatoms. The van der Waals surface area contributed by atoms with Crippen LogP contribution in [0.3, 0.4) is 0 Å². The highest BCUT2D eigenvalue weighted by Gasteiger charge is 2.12. The van der Waals surface area contributed by atoms with Gasteiger partial charge in [0.15, 0.2) is 0 Å². The fourth-order valence-corrected chi connectivity index (χ4v) is 2.18. The van der Waals surface area contributed by atoms with Gasteiger partial charge in [-0.05, 0) is 20.3 Å². The molecule has 0 radical (unpaired) electrons. The number of hydrogen-bond acceptors (Lipinski definition) is 3. The molecule has 2 unspecified atom stereocenters. The van der Waals surface area contributed by atoms with Gasteiger partial charge in [-0.25, -0.2) is 4.98 Å². The summed E-state index contributed by atoms with van der Waals surface area (Å²) < 4.78 is 0. The predicted molar refractivity (Wildman–Crippen MR) is 65.9 cm³/mol. The second-order valence-electron chi connectivity index (χ2n) is 3.69. The van der Waals surface area contributed by atoms with Gasteiger partial charge in [-0.2, -0.15) is 0 Å². The number of nitrogens with zero attached hydrogens (tertiary/aromatic N) is 1. The molecule has 0 spiro atoms. The van der Waals surface area contributed by atoms with Gasteiger partial charge in [-0.15, -0.1) is 17.8 Å². The van der Waals surface area contributed by atoms with Gasteiger partial charge in [-0.3, -0.25) is 5.32 Å². The Kier molecular flexibility index (Phi) is 4.80. The molecule has 1 rings (SSSR count). The van der Waals surface area contributed by atoms with Crippen molar-refractivity contribution in [2.75, 3.05) is 0 Å². The molecule has 82 valence electrons. The average Bonchev–Trinajstić information content (AvgIpc) is 2.64. The lowest BCUT2D eigenvalue weighted by molar-refractivity contribution is 0.488. The fourth-order valence-electron chi connectivity index (χ4n) is 1.47. The quantitative estimate of drug-likeness (QED) is 0.775. The summed E-state index contributed by atoms with van der Waals surface area (Å²) in [5, 5.41) is 6.60. The molecule has 0 saturated heterocycles. The van der Waals surface area contributed by atoms with Crippen LogP contribution in [0.15, 0.2) is 5.38 Å². The normalized spacial score (nSPS) is 14.5. The molecule has 1 heterocycles. The van der Waals surface area contributed by atoms with Crippen molar-refractivity contribution in [3.8, 4) is 12.3 Å². The summed E-state index contributed by atoms with van der Waals surface area (Å²) >= 11 is 1.68. The van der Waals surface area contributed by atoms with Crippen LogP contribution < -0.4 is 5.32 Å². The standard InChI is InChI=1S/C12H18N2S/c1-5-7-11(6-2)13-9(3)12-8-15-10(4)14-12/h2,8-9,11,13H,5,7H2,1,3-4H3. The molecule has 0 amide bonds. The van der Waals surface area contributed by atoms with Gasteiger partial charge in [0.25, 0.3) is 0 Å². The Morgan fingerprint density at radius 3 is 2.87 bits per heavy atom. The van der Waals surface area contributed by atoms with Crippen LogP contribution in [0, 0.1) is 19.3 Å². The van der Waals surface area contributed by atoms with E-state index in [0.717, 1.165) is 23.5 Å². The van der Waals surface area contributed by atoms with Crippen molar-refractivity contribution >= 4 is 11.3 Å². The van der Waals surface area contributed by atoms with Gasteiger partial charge < -0.3 is 0 Å². The number of terminal acetylenes is 1. The molecule has 1 N–H and O–H groups in total. The summed E-state index contributed by atoms with van der Waals surface area (Å²) in [6, 6.07) is 0.398. The Hall–Kier alpha value is -0.850. The van der Waals surface area contributed by atoms with Gasteiger partial charge in [0, 0.05) is 11.4 Å². The van der Waals surface area contributed by atoms with Crippen molar-refractivity contribution < 1.29 is 0 Å². The van der Waals surface area contributed by atoms with Gasteiger partial charge in [0.05, 0.1) is 16.7 Å². The highest BCUT2D eigenvalue weighted by molar-refractivity contribution is 7.09. The van der Waals surface area contributed by atoms with Crippen molar-refractivity contribution in [1.29, 1.82) is 0 Å². The third-order valence-electron chi connectivity index (χ3n) is 2.31. The Morgan fingerprint density at radius 2 is 2.40 bits per heavy atom. The lowest BCUT2D eigenvalue weighted by Gasteiger charge is -2.17. The molecule has 0 aliphatic carbocycles. The molecule has 0 bridgehead atoms. The van der Waals surface area contributed by atoms with Crippen LogP contribution in [0.5, 0.6) is 0 Å². The molecule has 1 aromatic rings. The van der Waals surface area contributed by atoms with Crippen molar-refractivity contribution in [2.45, 2.75) is 45.7 Å². The summed E-state index contributed by atoms with van der Waals surface area (Å²) in [5.74, 6) is 2.77. The van der Waals surface area contributed by atoms with Gasteiger partial charge in [0.2, 0.25) is 0 Å². The maximum atomic E-state index is 5.46. The largest absolute Gasteiger partial charge is 0.295 e. The summed E-state index contributed by atoms with van der Waals surface area (Å²) in [6.45, 7) is 6.27. The minimum Gasteiger partial charge on any atom is -0.295 e. The van der Waals surface area contributed by atoms with E-state index in [1.54, 1.807) is 11.3 Å². The lowest BCUT2D eigenvalue weighted by atomic mass is 10.1. The zero-order valence-corrected chi connectivity index (χ0v) is 10.4. The third-order valence-corrected chi connectivity index (χ3v) is 3.10. The van der Waals surface area contributed by atoms with E-state index in [-0.39, 0.29) is 12.1 Å². The number of hydrogen-bond donors (Lipinski definition) is 1. The molecule has 0 saturated carbocycles. The smallest absolute Gasteiger partial charge is 0.0898 e. The lowest BCUT2D eigenvalue weighted by Crippen LogP contribution is -2.30. The first kappa shape index (κ1) is 12.2. The summed E-state index contributed by atoms with van der Waals surface area (Å²) in [6.07, 6.45) is 7.58. The van der Waals surface area contributed by atoms with E-state index >= 15 is 0 Å². The molecule has 2 atom stereocenters. The average molecular weight is 222 g/mol. The molecule has 0 aliphatic rings. The van der Waals surface area contributed by atoms with Crippen molar-refractivity contribution in [3.63, 3.8) is 0 Å². The summed E-state index contributed by atoms with van der Waals surface area (Å²) in [4.78, 5) is 4.45. The number of rotatable bonds is 5. The highest BCUT2D eigenvalue weighted by atomic mass is 32.1. The minimum atomic E-state index is 0.159. The second-order valence-corrected chi connectivity index (χ2v) is 4.75.